The molecule has 2 nitrogen and oxygen atoms in total. The Bertz CT molecular complexity index is 416. The normalized spacial score (nSPS) is 20.2. The molecular weight excluding hydrogens is 243 g/mol. The van der Waals surface area contributed by atoms with E-state index in [-0.39, 0.29) is 19.4 Å². The van der Waals surface area contributed by atoms with Gasteiger partial charge < -0.3 is 4.90 Å². The molecule has 0 aliphatic carbocycles. The lowest BCUT2D eigenvalue weighted by Gasteiger charge is -2.26. The van der Waals surface area contributed by atoms with Crippen LogP contribution in [0.25, 0.3) is 0 Å². The predicted molar refractivity (Wildman–Crippen MR) is 60.9 cm³/mol. The first kappa shape index (κ1) is 12.9. The first-order valence-corrected chi connectivity index (χ1v) is 5.88. The van der Waals surface area contributed by atoms with E-state index >= 15 is 0 Å². The van der Waals surface area contributed by atoms with E-state index in [2.05, 4.69) is 0 Å². The van der Waals surface area contributed by atoms with Gasteiger partial charge in [0.05, 0.1) is 6.42 Å². The van der Waals surface area contributed by atoms with Crippen molar-refractivity contribution in [3.8, 4) is 0 Å². The highest BCUT2D eigenvalue weighted by molar-refractivity contribution is 5.79. The molecule has 1 aromatic carbocycles. The molecule has 5 heteroatoms. The summed E-state index contributed by atoms with van der Waals surface area (Å²) in [6.45, 7) is 0.204. The van der Waals surface area contributed by atoms with E-state index in [0.29, 0.717) is 6.42 Å². The van der Waals surface area contributed by atoms with Gasteiger partial charge in [-0.15, -0.1) is 0 Å². The van der Waals surface area contributed by atoms with Crippen molar-refractivity contribution in [2.75, 3.05) is 6.54 Å². The van der Waals surface area contributed by atoms with Crippen molar-refractivity contribution < 1.29 is 18.0 Å². The molecule has 0 radical (unpaired) electrons. The molecule has 1 saturated heterocycles. The topological polar surface area (TPSA) is 20.3 Å². The number of rotatable bonds is 2. The Morgan fingerprint density at radius 3 is 2.56 bits per heavy atom. The molecule has 2 rings (SSSR count). The zero-order valence-electron chi connectivity index (χ0n) is 9.78. The average molecular weight is 257 g/mol. The Morgan fingerprint density at radius 1 is 1.28 bits per heavy atom. The molecule has 1 fully saturated rings. The van der Waals surface area contributed by atoms with Crippen LogP contribution in [0.15, 0.2) is 30.3 Å². The number of hydrogen-bond donors (Lipinski definition) is 0. The third kappa shape index (κ3) is 2.83. The van der Waals surface area contributed by atoms with Gasteiger partial charge >= 0.3 is 6.18 Å². The van der Waals surface area contributed by atoms with Crippen molar-refractivity contribution in [1.29, 1.82) is 0 Å². The molecule has 1 aliphatic heterocycles. The largest absolute Gasteiger partial charge is 0.408 e. The summed E-state index contributed by atoms with van der Waals surface area (Å²) in [6, 6.07) is 7.24. The quantitative estimate of drug-likeness (QED) is 0.797. The van der Waals surface area contributed by atoms with E-state index in [1.54, 1.807) is 24.3 Å². The van der Waals surface area contributed by atoms with Crippen molar-refractivity contribution in [2.45, 2.75) is 31.5 Å². The summed E-state index contributed by atoms with van der Waals surface area (Å²) in [6.07, 6.45) is -3.84. The number of carbonyl (C=O) groups excluding carboxylic acids is 1. The van der Waals surface area contributed by atoms with E-state index in [0.717, 1.165) is 10.5 Å². The van der Waals surface area contributed by atoms with Crippen molar-refractivity contribution >= 4 is 5.91 Å². The van der Waals surface area contributed by atoms with E-state index < -0.39 is 18.1 Å². The summed E-state index contributed by atoms with van der Waals surface area (Å²) in [5.41, 5.74) is 0.746. The molecule has 1 amide bonds. The smallest absolute Gasteiger partial charge is 0.330 e. The molecule has 18 heavy (non-hydrogen) atoms. The number of likely N-dealkylation sites (tertiary alicyclic amines) is 1. The monoisotopic (exact) mass is 257 g/mol. The van der Waals surface area contributed by atoms with Crippen LogP contribution in [0.3, 0.4) is 0 Å². The molecule has 1 heterocycles. The second kappa shape index (κ2) is 5.00. The molecule has 1 aromatic rings. The standard InChI is InChI=1S/C13H14F3NO/c14-13(15,16)11-7-4-8-17(11)12(18)9-10-5-2-1-3-6-10/h1-3,5-6,11H,4,7-9H2/t11-/m1/s1. The van der Waals surface area contributed by atoms with Gasteiger partial charge in [-0.2, -0.15) is 13.2 Å². The second-order valence-corrected chi connectivity index (χ2v) is 4.45. The number of carbonyl (C=O) groups is 1. The maximum Gasteiger partial charge on any atom is 0.408 e. The summed E-state index contributed by atoms with van der Waals surface area (Å²) in [7, 11) is 0. The van der Waals surface area contributed by atoms with Crippen LogP contribution in [-0.4, -0.2) is 29.6 Å². The van der Waals surface area contributed by atoms with Crippen molar-refractivity contribution in [3.63, 3.8) is 0 Å². The van der Waals surface area contributed by atoms with E-state index in [1.165, 1.54) is 0 Å². The average Bonchev–Trinajstić information content (AvgIpc) is 2.79. The van der Waals surface area contributed by atoms with Crippen LogP contribution in [0.2, 0.25) is 0 Å². The Morgan fingerprint density at radius 2 is 1.94 bits per heavy atom. The molecule has 1 aliphatic rings. The number of halogens is 3. The molecule has 0 aromatic heterocycles. The van der Waals surface area contributed by atoms with Gasteiger partial charge in [0.2, 0.25) is 5.91 Å². The summed E-state index contributed by atoms with van der Waals surface area (Å²) >= 11 is 0. The van der Waals surface area contributed by atoms with Crippen LogP contribution in [0.1, 0.15) is 18.4 Å². The number of amides is 1. The molecular formula is C13H14F3NO. The third-order valence-electron chi connectivity index (χ3n) is 3.15. The Balaban J connectivity index is 2.05. The first-order chi connectivity index (χ1) is 8.48. The van der Waals surface area contributed by atoms with Crippen LogP contribution in [0.5, 0.6) is 0 Å². The molecule has 1 atom stereocenters. The van der Waals surface area contributed by atoms with Crippen LogP contribution in [-0.2, 0) is 11.2 Å². The van der Waals surface area contributed by atoms with Crippen LogP contribution in [0, 0.1) is 0 Å². The fraction of sp³-hybridized carbons (Fsp3) is 0.462. The first-order valence-electron chi connectivity index (χ1n) is 5.88. The zero-order valence-corrected chi connectivity index (χ0v) is 9.78. The number of benzene rings is 1. The van der Waals surface area contributed by atoms with Gasteiger partial charge in [0.1, 0.15) is 6.04 Å². The van der Waals surface area contributed by atoms with Gasteiger partial charge in [0.15, 0.2) is 0 Å². The minimum absolute atomic E-state index is 0.0179. The maximum atomic E-state index is 12.7. The van der Waals surface area contributed by atoms with Gasteiger partial charge in [-0.3, -0.25) is 4.79 Å². The van der Waals surface area contributed by atoms with E-state index in [9.17, 15) is 18.0 Å². The second-order valence-electron chi connectivity index (χ2n) is 4.45. The lowest BCUT2D eigenvalue weighted by Crippen LogP contribution is -2.45. The van der Waals surface area contributed by atoms with Gasteiger partial charge in [0.25, 0.3) is 0 Å². The number of nitrogens with zero attached hydrogens (tertiary/aromatic N) is 1. The highest BCUT2D eigenvalue weighted by Crippen LogP contribution is 2.32. The van der Waals surface area contributed by atoms with Crippen molar-refractivity contribution in [1.82, 2.24) is 4.90 Å². The van der Waals surface area contributed by atoms with E-state index in [4.69, 9.17) is 0 Å². The Labute approximate surface area is 103 Å². The lowest BCUT2D eigenvalue weighted by atomic mass is 10.1. The minimum atomic E-state index is -4.32. The molecule has 0 spiro atoms. The number of hydrogen-bond acceptors (Lipinski definition) is 1. The van der Waals surface area contributed by atoms with Crippen LogP contribution in [0.4, 0.5) is 13.2 Å². The molecule has 0 unspecified atom stereocenters. The highest BCUT2D eigenvalue weighted by atomic mass is 19.4. The fourth-order valence-corrected chi connectivity index (χ4v) is 2.28. The van der Waals surface area contributed by atoms with Gasteiger partial charge in [-0.25, -0.2) is 0 Å². The molecule has 98 valence electrons. The molecule has 0 bridgehead atoms. The highest BCUT2D eigenvalue weighted by Gasteiger charge is 2.47. The molecule has 0 N–H and O–H groups in total. The van der Waals surface area contributed by atoms with Crippen LogP contribution >= 0.6 is 0 Å². The minimum Gasteiger partial charge on any atom is -0.330 e. The maximum absolute atomic E-state index is 12.7. The predicted octanol–water partition coefficient (Wildman–Crippen LogP) is 2.78. The van der Waals surface area contributed by atoms with Crippen molar-refractivity contribution in [3.05, 3.63) is 35.9 Å². The fourth-order valence-electron chi connectivity index (χ4n) is 2.28. The SMILES string of the molecule is O=C(Cc1ccccc1)N1CCC[C@@H]1C(F)(F)F. The molecule has 0 saturated carbocycles. The summed E-state index contributed by atoms with van der Waals surface area (Å²) < 4.78 is 38.1. The zero-order chi connectivity index (χ0) is 13.2. The van der Waals surface area contributed by atoms with Gasteiger partial charge in [-0.05, 0) is 18.4 Å². The van der Waals surface area contributed by atoms with Crippen LogP contribution < -0.4 is 0 Å². The van der Waals surface area contributed by atoms with Crippen molar-refractivity contribution in [2.24, 2.45) is 0 Å². The van der Waals surface area contributed by atoms with E-state index in [1.807, 2.05) is 6.07 Å². The van der Waals surface area contributed by atoms with Gasteiger partial charge in [-0.1, -0.05) is 30.3 Å². The summed E-state index contributed by atoms with van der Waals surface area (Å²) in [5.74, 6) is -0.443. The summed E-state index contributed by atoms with van der Waals surface area (Å²) in [4.78, 5) is 12.9. The summed E-state index contributed by atoms with van der Waals surface area (Å²) in [5, 5.41) is 0. The Hall–Kier alpha value is -1.52. The van der Waals surface area contributed by atoms with Gasteiger partial charge in [0, 0.05) is 6.54 Å². The third-order valence-corrected chi connectivity index (χ3v) is 3.15. The lowest BCUT2D eigenvalue weighted by molar-refractivity contribution is -0.182. The number of alkyl halides is 3. The Kier molecular flexibility index (Phi) is 3.59.